The van der Waals surface area contributed by atoms with Gasteiger partial charge in [0.25, 0.3) is 5.91 Å². The van der Waals surface area contributed by atoms with E-state index < -0.39 is 0 Å². The average Bonchev–Trinajstić information content (AvgIpc) is 3.05. The Morgan fingerprint density at radius 2 is 1.88 bits per heavy atom. The first-order valence-corrected chi connectivity index (χ1v) is 9.77. The molecule has 0 spiro atoms. The van der Waals surface area contributed by atoms with Crippen LogP contribution in [0.1, 0.15) is 32.9 Å². The molecule has 0 bridgehead atoms. The third kappa shape index (κ3) is 2.03. The van der Waals surface area contributed by atoms with Crippen molar-refractivity contribution >= 4 is 34.7 Å². The Morgan fingerprint density at radius 1 is 1.17 bits per heavy atom. The molecule has 1 aliphatic carbocycles. The van der Waals surface area contributed by atoms with E-state index in [1.54, 1.807) is 22.7 Å². The summed E-state index contributed by atoms with van der Waals surface area (Å²) in [6, 6.07) is 4.38. The summed E-state index contributed by atoms with van der Waals surface area (Å²) in [5.41, 5.74) is 4.96. The Bertz CT molecular complexity index is 884. The van der Waals surface area contributed by atoms with Crippen LogP contribution in [0.4, 0.5) is 0 Å². The van der Waals surface area contributed by atoms with Crippen LogP contribution in [-0.2, 0) is 11.8 Å². The minimum Gasteiger partial charge on any atom is -0.334 e. The Kier molecular flexibility index (Phi) is 3.05. The van der Waals surface area contributed by atoms with Crippen LogP contribution >= 0.6 is 22.7 Å². The van der Waals surface area contributed by atoms with Crippen LogP contribution in [0.2, 0.25) is 0 Å². The van der Waals surface area contributed by atoms with Gasteiger partial charge in [-0.05, 0) is 44.8 Å². The fraction of sp³-hybridized carbons (Fsp3) is 0.222. The van der Waals surface area contributed by atoms with Crippen molar-refractivity contribution in [2.45, 2.75) is 11.8 Å². The monoisotopic (exact) mass is 353 g/mol. The zero-order valence-corrected chi connectivity index (χ0v) is 14.5. The van der Waals surface area contributed by atoms with E-state index in [9.17, 15) is 4.79 Å². The van der Waals surface area contributed by atoms with E-state index in [-0.39, 0.29) is 11.3 Å². The number of allylic oxidation sites excluding steroid dienone is 1. The Morgan fingerprint density at radius 3 is 2.46 bits per heavy atom. The van der Waals surface area contributed by atoms with Gasteiger partial charge in [0.15, 0.2) is 5.69 Å². The molecule has 5 rings (SSSR count). The maximum Gasteiger partial charge on any atom is 0.275 e. The maximum absolute atomic E-state index is 12.4. The molecule has 1 amide bonds. The summed E-state index contributed by atoms with van der Waals surface area (Å²) >= 11 is 3.43. The highest BCUT2D eigenvalue weighted by Crippen LogP contribution is 2.43. The summed E-state index contributed by atoms with van der Waals surface area (Å²) in [4.78, 5) is 14.2. The van der Waals surface area contributed by atoms with Gasteiger partial charge in [-0.15, -0.1) is 0 Å². The van der Waals surface area contributed by atoms with Crippen LogP contribution in [0, 0.1) is 0 Å². The van der Waals surface area contributed by atoms with E-state index in [2.05, 4.69) is 56.0 Å². The zero-order chi connectivity index (χ0) is 16.1. The lowest BCUT2D eigenvalue weighted by Crippen LogP contribution is -2.29. The van der Waals surface area contributed by atoms with Crippen molar-refractivity contribution in [1.82, 2.24) is 15.1 Å². The number of fused-ring (bicyclic) bond motifs is 1. The van der Waals surface area contributed by atoms with Crippen molar-refractivity contribution < 1.29 is 4.79 Å². The second-order valence-electron chi connectivity index (χ2n) is 6.26. The van der Waals surface area contributed by atoms with E-state index in [0.717, 1.165) is 30.8 Å². The van der Waals surface area contributed by atoms with Crippen molar-refractivity contribution in [2.75, 3.05) is 13.1 Å². The predicted octanol–water partition coefficient (Wildman–Crippen LogP) is 3.54. The minimum atomic E-state index is -0.181. The predicted molar refractivity (Wildman–Crippen MR) is 96.6 cm³/mol. The third-order valence-electron chi connectivity index (χ3n) is 4.88. The average molecular weight is 353 g/mol. The molecule has 2 aliphatic rings. The minimum absolute atomic E-state index is 0.0377. The van der Waals surface area contributed by atoms with Crippen LogP contribution in [-0.4, -0.2) is 34.1 Å². The number of aromatic amines is 1. The zero-order valence-electron chi connectivity index (χ0n) is 12.9. The van der Waals surface area contributed by atoms with Gasteiger partial charge in [0, 0.05) is 36.2 Å². The first kappa shape index (κ1) is 14.2. The Balaban J connectivity index is 1.62. The van der Waals surface area contributed by atoms with E-state index in [0.29, 0.717) is 5.69 Å². The molecule has 6 heteroatoms. The number of thiophene rings is 2. The maximum atomic E-state index is 12.4. The molecule has 1 fully saturated rings. The summed E-state index contributed by atoms with van der Waals surface area (Å²) in [6.45, 7) is 1.69. The number of carbonyl (C=O) groups excluding carboxylic acids is 1. The molecule has 24 heavy (non-hydrogen) atoms. The van der Waals surface area contributed by atoms with Gasteiger partial charge in [0.1, 0.15) is 0 Å². The van der Waals surface area contributed by atoms with E-state index >= 15 is 0 Å². The van der Waals surface area contributed by atoms with Crippen molar-refractivity contribution in [2.24, 2.45) is 0 Å². The molecule has 3 aromatic rings. The van der Waals surface area contributed by atoms with Crippen molar-refractivity contribution in [3.05, 3.63) is 67.8 Å². The Labute approximate surface area is 147 Å². The SMILES string of the molecule is O=C(c1n[nH]c2c1C=CC(c1ccsc1)(c1ccsc1)C2)N1CC1. The van der Waals surface area contributed by atoms with Crippen LogP contribution < -0.4 is 0 Å². The number of hydrogen-bond acceptors (Lipinski definition) is 4. The highest BCUT2D eigenvalue weighted by atomic mass is 32.1. The number of rotatable bonds is 3. The molecule has 0 saturated carbocycles. The summed E-state index contributed by atoms with van der Waals surface area (Å²) < 4.78 is 0. The number of nitrogens with one attached hydrogen (secondary N) is 1. The smallest absolute Gasteiger partial charge is 0.275 e. The molecular formula is C18H15N3OS2. The molecule has 1 aliphatic heterocycles. The molecule has 120 valence electrons. The lowest BCUT2D eigenvalue weighted by Gasteiger charge is -2.32. The summed E-state index contributed by atoms with van der Waals surface area (Å²) in [5, 5.41) is 16.1. The number of amides is 1. The molecule has 0 atom stereocenters. The lowest BCUT2D eigenvalue weighted by atomic mass is 9.70. The molecule has 0 unspecified atom stereocenters. The van der Waals surface area contributed by atoms with Crippen LogP contribution in [0.25, 0.3) is 6.08 Å². The second kappa shape index (κ2) is 5.16. The van der Waals surface area contributed by atoms with Gasteiger partial charge in [0.2, 0.25) is 0 Å². The highest BCUT2D eigenvalue weighted by molar-refractivity contribution is 7.08. The number of aromatic nitrogens is 2. The Hall–Kier alpha value is -2.18. The summed E-state index contributed by atoms with van der Waals surface area (Å²) in [5.74, 6) is 0.0377. The second-order valence-corrected chi connectivity index (χ2v) is 7.82. The molecule has 0 radical (unpaired) electrons. The quantitative estimate of drug-likeness (QED) is 0.732. The molecule has 1 N–H and O–H groups in total. The van der Waals surface area contributed by atoms with Crippen LogP contribution in [0.3, 0.4) is 0 Å². The molecule has 1 saturated heterocycles. The normalized spacial score (nSPS) is 17.8. The molecular weight excluding hydrogens is 338 g/mol. The highest BCUT2D eigenvalue weighted by Gasteiger charge is 2.38. The van der Waals surface area contributed by atoms with Gasteiger partial charge in [-0.25, -0.2) is 0 Å². The van der Waals surface area contributed by atoms with Gasteiger partial charge < -0.3 is 4.90 Å². The first-order chi connectivity index (χ1) is 11.8. The first-order valence-electron chi connectivity index (χ1n) is 7.89. The van der Waals surface area contributed by atoms with E-state index in [1.165, 1.54) is 11.1 Å². The van der Waals surface area contributed by atoms with Gasteiger partial charge in [-0.3, -0.25) is 9.89 Å². The topological polar surface area (TPSA) is 48.8 Å². The number of carbonyl (C=O) groups is 1. The van der Waals surface area contributed by atoms with Crippen molar-refractivity contribution in [3.63, 3.8) is 0 Å². The molecule has 4 heterocycles. The number of nitrogens with zero attached hydrogens (tertiary/aromatic N) is 2. The largest absolute Gasteiger partial charge is 0.334 e. The van der Waals surface area contributed by atoms with E-state index in [4.69, 9.17) is 0 Å². The molecule has 4 nitrogen and oxygen atoms in total. The van der Waals surface area contributed by atoms with Gasteiger partial charge >= 0.3 is 0 Å². The standard InChI is InChI=1S/C18H15N3OS2/c22-17(21-5-6-21)16-14-1-4-18(9-15(14)19-20-16,12-2-7-23-10-12)13-3-8-24-11-13/h1-4,7-8,10-11H,5-6,9H2,(H,19,20). The fourth-order valence-electron chi connectivity index (χ4n) is 3.43. The lowest BCUT2D eigenvalue weighted by molar-refractivity contribution is 0.0880. The van der Waals surface area contributed by atoms with E-state index in [1.807, 2.05) is 4.90 Å². The molecule has 3 aromatic heterocycles. The number of hydrogen-bond donors (Lipinski definition) is 1. The van der Waals surface area contributed by atoms with Crippen molar-refractivity contribution in [1.29, 1.82) is 0 Å². The third-order valence-corrected chi connectivity index (χ3v) is 6.25. The summed E-state index contributed by atoms with van der Waals surface area (Å²) in [6.07, 6.45) is 5.12. The molecule has 0 aromatic carbocycles. The van der Waals surface area contributed by atoms with Crippen LogP contribution in [0.15, 0.2) is 39.7 Å². The van der Waals surface area contributed by atoms with Gasteiger partial charge in [-0.2, -0.15) is 27.8 Å². The van der Waals surface area contributed by atoms with Gasteiger partial charge in [0.05, 0.1) is 0 Å². The number of H-pyrrole nitrogens is 1. The fourth-order valence-corrected chi connectivity index (χ4v) is 4.91. The summed E-state index contributed by atoms with van der Waals surface area (Å²) in [7, 11) is 0. The van der Waals surface area contributed by atoms with Crippen LogP contribution in [0.5, 0.6) is 0 Å². The van der Waals surface area contributed by atoms with Crippen molar-refractivity contribution in [3.8, 4) is 0 Å². The van der Waals surface area contributed by atoms with Gasteiger partial charge in [-0.1, -0.05) is 12.2 Å².